The minimum Gasteiger partial charge on any atom is -0.479 e. The van der Waals surface area contributed by atoms with Crippen molar-refractivity contribution in [2.24, 2.45) is 0 Å². The first-order valence-electron chi connectivity index (χ1n) is 9.16. The van der Waals surface area contributed by atoms with Crippen molar-refractivity contribution < 1.29 is 38.9 Å². The first-order valence-corrected chi connectivity index (χ1v) is 9.16. The van der Waals surface area contributed by atoms with Crippen LogP contribution in [0.1, 0.15) is 78.1 Å². The van der Waals surface area contributed by atoms with E-state index >= 15 is 0 Å². The zero-order chi connectivity index (χ0) is 19.9. The molecule has 150 valence electrons. The second-order valence-electron chi connectivity index (χ2n) is 6.13. The van der Waals surface area contributed by atoms with Gasteiger partial charge in [0.2, 0.25) is 0 Å². The fraction of sp³-hybridized carbons (Fsp3) is 0.778. The van der Waals surface area contributed by atoms with Gasteiger partial charge in [-0.2, -0.15) is 0 Å². The van der Waals surface area contributed by atoms with Gasteiger partial charge in [0.15, 0.2) is 12.2 Å². The van der Waals surface area contributed by atoms with Crippen LogP contribution in [0.15, 0.2) is 0 Å². The molecule has 8 heteroatoms. The highest BCUT2D eigenvalue weighted by molar-refractivity contribution is 5.82. The number of rotatable bonds is 15. The van der Waals surface area contributed by atoms with Crippen LogP contribution >= 0.6 is 0 Å². The number of unbranched alkanes of at least 4 members (excludes halogenated alkanes) is 4. The zero-order valence-corrected chi connectivity index (χ0v) is 15.6. The van der Waals surface area contributed by atoms with Gasteiger partial charge in [-0.25, -0.2) is 9.59 Å². The Hall–Kier alpha value is -2.12. The van der Waals surface area contributed by atoms with Gasteiger partial charge in [-0.05, 0) is 25.7 Å². The Bertz CT molecular complexity index is 418. The highest BCUT2D eigenvalue weighted by atomic mass is 16.6. The van der Waals surface area contributed by atoms with Gasteiger partial charge in [-0.3, -0.25) is 9.59 Å². The summed E-state index contributed by atoms with van der Waals surface area (Å²) in [5, 5.41) is 18.1. The van der Waals surface area contributed by atoms with Crippen LogP contribution in [0.5, 0.6) is 0 Å². The third-order valence-electron chi connectivity index (χ3n) is 3.77. The molecule has 2 atom stereocenters. The Kier molecular flexibility index (Phi) is 12.9. The monoisotopic (exact) mass is 374 g/mol. The molecule has 0 saturated carbocycles. The predicted molar refractivity (Wildman–Crippen MR) is 92.5 cm³/mol. The van der Waals surface area contributed by atoms with Crippen molar-refractivity contribution in [3.8, 4) is 0 Å². The molecule has 0 aromatic carbocycles. The molecule has 0 bridgehead atoms. The quantitative estimate of drug-likeness (QED) is 0.331. The van der Waals surface area contributed by atoms with Crippen molar-refractivity contribution in [3.05, 3.63) is 0 Å². The molecule has 0 fully saturated rings. The molecule has 0 saturated heterocycles. The molecular formula is C18H30O8. The Morgan fingerprint density at radius 1 is 0.692 bits per heavy atom. The van der Waals surface area contributed by atoms with E-state index in [9.17, 15) is 19.2 Å². The van der Waals surface area contributed by atoms with E-state index in [0.717, 1.165) is 25.7 Å². The summed E-state index contributed by atoms with van der Waals surface area (Å²) in [6.45, 7) is 3.94. The maximum absolute atomic E-state index is 11.7. The lowest BCUT2D eigenvalue weighted by molar-refractivity contribution is -0.168. The second-order valence-corrected chi connectivity index (χ2v) is 6.13. The summed E-state index contributed by atoms with van der Waals surface area (Å²) in [7, 11) is 0. The lowest BCUT2D eigenvalue weighted by atomic mass is 10.1. The maximum Gasteiger partial charge on any atom is 0.345 e. The molecule has 8 nitrogen and oxygen atoms in total. The van der Waals surface area contributed by atoms with Crippen molar-refractivity contribution in [2.45, 2.75) is 90.3 Å². The SMILES string of the molecule is CCCCCC(OC(=O)CCC(=O)OC(CCCCC)C(=O)O)C(=O)O. The molecule has 0 aromatic rings. The minimum atomic E-state index is -1.23. The topological polar surface area (TPSA) is 127 Å². The van der Waals surface area contributed by atoms with E-state index in [1.54, 1.807) is 0 Å². The molecule has 0 spiro atoms. The van der Waals surface area contributed by atoms with Crippen LogP contribution in [0.25, 0.3) is 0 Å². The zero-order valence-electron chi connectivity index (χ0n) is 15.6. The van der Waals surface area contributed by atoms with Gasteiger partial charge in [0.25, 0.3) is 0 Å². The number of aliphatic carboxylic acids is 2. The first kappa shape index (κ1) is 23.9. The van der Waals surface area contributed by atoms with Gasteiger partial charge < -0.3 is 19.7 Å². The van der Waals surface area contributed by atoms with Gasteiger partial charge in [0.1, 0.15) is 0 Å². The highest BCUT2D eigenvalue weighted by Gasteiger charge is 2.24. The van der Waals surface area contributed by atoms with Crippen molar-refractivity contribution in [1.82, 2.24) is 0 Å². The van der Waals surface area contributed by atoms with Gasteiger partial charge in [-0.1, -0.05) is 39.5 Å². The van der Waals surface area contributed by atoms with E-state index in [0.29, 0.717) is 12.8 Å². The summed E-state index contributed by atoms with van der Waals surface area (Å²) >= 11 is 0. The van der Waals surface area contributed by atoms with E-state index in [2.05, 4.69) is 0 Å². The van der Waals surface area contributed by atoms with Gasteiger partial charge in [-0.15, -0.1) is 0 Å². The van der Waals surface area contributed by atoms with Crippen LogP contribution in [-0.4, -0.2) is 46.3 Å². The van der Waals surface area contributed by atoms with Gasteiger partial charge in [0, 0.05) is 0 Å². The maximum atomic E-state index is 11.7. The fourth-order valence-corrected chi connectivity index (χ4v) is 2.26. The Morgan fingerprint density at radius 3 is 1.31 bits per heavy atom. The smallest absolute Gasteiger partial charge is 0.345 e. The van der Waals surface area contributed by atoms with E-state index in [4.69, 9.17) is 19.7 Å². The predicted octanol–water partition coefficient (Wildman–Crippen LogP) is 2.92. The van der Waals surface area contributed by atoms with Crippen LogP contribution in [0, 0.1) is 0 Å². The van der Waals surface area contributed by atoms with E-state index in [1.165, 1.54) is 0 Å². The second kappa shape index (κ2) is 14.1. The number of hydrogen-bond acceptors (Lipinski definition) is 6. The van der Waals surface area contributed by atoms with E-state index in [1.807, 2.05) is 13.8 Å². The summed E-state index contributed by atoms with van der Waals surface area (Å²) in [6.07, 6.45) is 2.03. The molecule has 0 radical (unpaired) electrons. The summed E-state index contributed by atoms with van der Waals surface area (Å²) in [6, 6.07) is 0. The molecule has 26 heavy (non-hydrogen) atoms. The van der Waals surface area contributed by atoms with E-state index in [-0.39, 0.29) is 25.7 Å². The average Bonchev–Trinajstić information content (AvgIpc) is 2.58. The van der Waals surface area contributed by atoms with Gasteiger partial charge >= 0.3 is 23.9 Å². The lowest BCUT2D eigenvalue weighted by Crippen LogP contribution is -2.29. The summed E-state index contributed by atoms with van der Waals surface area (Å²) in [4.78, 5) is 45.6. The fourth-order valence-electron chi connectivity index (χ4n) is 2.26. The van der Waals surface area contributed by atoms with Crippen LogP contribution < -0.4 is 0 Å². The first-order chi connectivity index (χ1) is 12.3. The molecule has 0 aliphatic carbocycles. The number of carboxylic acid groups (broad SMARTS) is 2. The van der Waals surface area contributed by atoms with Crippen molar-refractivity contribution >= 4 is 23.9 Å². The number of carboxylic acids is 2. The number of carbonyl (C=O) groups excluding carboxylic acids is 2. The highest BCUT2D eigenvalue weighted by Crippen LogP contribution is 2.11. The number of hydrogen-bond donors (Lipinski definition) is 2. The molecule has 0 aromatic heterocycles. The number of esters is 2. The molecular weight excluding hydrogens is 344 g/mol. The summed E-state index contributed by atoms with van der Waals surface area (Å²) in [5.74, 6) is -4.08. The van der Waals surface area contributed by atoms with Gasteiger partial charge in [0.05, 0.1) is 12.8 Å². The van der Waals surface area contributed by atoms with Crippen LogP contribution in [-0.2, 0) is 28.7 Å². The Labute approximate surface area is 153 Å². The molecule has 0 aliphatic rings. The van der Waals surface area contributed by atoms with Crippen LogP contribution in [0.2, 0.25) is 0 Å². The van der Waals surface area contributed by atoms with Crippen molar-refractivity contribution in [3.63, 3.8) is 0 Å². The molecule has 0 amide bonds. The molecule has 2 N–H and O–H groups in total. The number of carbonyl (C=O) groups is 4. The number of ether oxygens (including phenoxy) is 2. The third kappa shape index (κ3) is 11.4. The molecule has 0 rings (SSSR count). The lowest BCUT2D eigenvalue weighted by Gasteiger charge is -2.15. The third-order valence-corrected chi connectivity index (χ3v) is 3.77. The van der Waals surface area contributed by atoms with Crippen LogP contribution in [0.4, 0.5) is 0 Å². The summed E-state index contributed by atoms with van der Waals surface area (Å²) in [5.41, 5.74) is 0. The standard InChI is InChI=1S/C18H30O8/c1-3-5-7-9-13(17(21)22)25-15(19)11-12-16(20)26-14(18(23)24)10-8-6-4-2/h13-14H,3-12H2,1-2H3,(H,21,22)(H,23,24). The van der Waals surface area contributed by atoms with Crippen molar-refractivity contribution in [2.75, 3.05) is 0 Å². The Morgan fingerprint density at radius 2 is 1.04 bits per heavy atom. The summed E-state index contributed by atoms with van der Waals surface area (Å²) < 4.78 is 9.76. The van der Waals surface area contributed by atoms with Crippen LogP contribution in [0.3, 0.4) is 0 Å². The molecule has 2 unspecified atom stereocenters. The van der Waals surface area contributed by atoms with Crippen molar-refractivity contribution in [1.29, 1.82) is 0 Å². The Balaban J connectivity index is 4.30. The minimum absolute atomic E-state index is 0.220. The normalized spacial score (nSPS) is 12.8. The molecule has 0 aliphatic heterocycles. The molecule has 0 heterocycles. The largest absolute Gasteiger partial charge is 0.479 e. The average molecular weight is 374 g/mol. The van der Waals surface area contributed by atoms with E-state index < -0.39 is 36.1 Å².